The van der Waals surface area contributed by atoms with Crippen LogP contribution in [0.5, 0.6) is 5.75 Å². The summed E-state index contributed by atoms with van der Waals surface area (Å²) >= 11 is 6.14. The van der Waals surface area contributed by atoms with Crippen molar-refractivity contribution in [3.8, 4) is 5.75 Å². The van der Waals surface area contributed by atoms with Crippen molar-refractivity contribution in [1.29, 1.82) is 0 Å². The van der Waals surface area contributed by atoms with Crippen molar-refractivity contribution in [1.82, 2.24) is 9.97 Å². The van der Waals surface area contributed by atoms with E-state index in [1.807, 2.05) is 19.1 Å². The number of hydrogen-bond acceptors (Lipinski definition) is 5. The number of rotatable bonds is 4. The summed E-state index contributed by atoms with van der Waals surface area (Å²) in [5.74, 6) is 1.96. The van der Waals surface area contributed by atoms with E-state index in [1.54, 1.807) is 26.3 Å². The molecule has 6 heteroatoms. The minimum Gasteiger partial charge on any atom is -0.497 e. The summed E-state index contributed by atoms with van der Waals surface area (Å²) in [5.41, 5.74) is 1.60. The Morgan fingerprint density at radius 1 is 1.21 bits per heavy atom. The van der Waals surface area contributed by atoms with E-state index in [0.717, 1.165) is 17.1 Å². The van der Waals surface area contributed by atoms with Gasteiger partial charge in [-0.25, -0.2) is 4.98 Å². The van der Waals surface area contributed by atoms with Gasteiger partial charge in [-0.1, -0.05) is 11.6 Å². The van der Waals surface area contributed by atoms with Gasteiger partial charge < -0.3 is 15.4 Å². The third kappa shape index (κ3) is 3.26. The summed E-state index contributed by atoms with van der Waals surface area (Å²) < 4.78 is 5.17. The van der Waals surface area contributed by atoms with Crippen molar-refractivity contribution in [3.63, 3.8) is 0 Å². The molecule has 2 rings (SSSR count). The first-order chi connectivity index (χ1) is 9.12. The number of nitrogens with zero attached hydrogens (tertiary/aromatic N) is 2. The van der Waals surface area contributed by atoms with E-state index < -0.39 is 0 Å². The van der Waals surface area contributed by atoms with Crippen LogP contribution in [-0.4, -0.2) is 24.1 Å². The Bertz CT molecular complexity index is 589. The number of ether oxygens (including phenoxy) is 1. The van der Waals surface area contributed by atoms with Crippen LogP contribution in [0, 0.1) is 6.92 Å². The van der Waals surface area contributed by atoms with Gasteiger partial charge in [0.25, 0.3) is 0 Å². The van der Waals surface area contributed by atoms with Crippen LogP contribution >= 0.6 is 11.6 Å². The van der Waals surface area contributed by atoms with Crippen LogP contribution in [0.4, 0.5) is 17.5 Å². The molecule has 0 saturated carbocycles. The van der Waals surface area contributed by atoms with Gasteiger partial charge in [0.2, 0.25) is 5.95 Å². The summed E-state index contributed by atoms with van der Waals surface area (Å²) in [7, 11) is 3.39. The monoisotopic (exact) mass is 278 g/mol. The van der Waals surface area contributed by atoms with Gasteiger partial charge in [0.05, 0.1) is 17.8 Å². The molecule has 0 saturated heterocycles. The number of nitrogens with one attached hydrogen (secondary N) is 2. The van der Waals surface area contributed by atoms with E-state index in [2.05, 4.69) is 20.6 Å². The normalized spacial score (nSPS) is 10.1. The Balaban J connectivity index is 2.32. The maximum absolute atomic E-state index is 6.14. The molecule has 0 atom stereocenters. The van der Waals surface area contributed by atoms with Gasteiger partial charge in [-0.3, -0.25) is 0 Å². The van der Waals surface area contributed by atoms with Gasteiger partial charge in [0.1, 0.15) is 11.6 Å². The third-order valence-corrected chi connectivity index (χ3v) is 2.84. The zero-order valence-electron chi connectivity index (χ0n) is 11.0. The zero-order valence-corrected chi connectivity index (χ0v) is 11.7. The van der Waals surface area contributed by atoms with E-state index in [9.17, 15) is 0 Å². The lowest BCUT2D eigenvalue weighted by atomic mass is 10.3. The molecule has 1 aromatic heterocycles. The molecule has 0 aliphatic rings. The highest BCUT2D eigenvalue weighted by Crippen LogP contribution is 2.29. The summed E-state index contributed by atoms with van der Waals surface area (Å²) in [6.07, 6.45) is 0. The highest BCUT2D eigenvalue weighted by molar-refractivity contribution is 6.33. The average molecular weight is 279 g/mol. The molecule has 2 aromatic rings. The van der Waals surface area contributed by atoms with E-state index in [4.69, 9.17) is 16.3 Å². The first kappa shape index (κ1) is 13.4. The molecule has 0 spiro atoms. The van der Waals surface area contributed by atoms with Gasteiger partial charge in [0.15, 0.2) is 0 Å². The molecule has 0 unspecified atom stereocenters. The predicted octanol–water partition coefficient (Wildman–Crippen LogP) is 3.23. The van der Waals surface area contributed by atoms with Gasteiger partial charge in [-0.2, -0.15) is 4.98 Å². The lowest BCUT2D eigenvalue weighted by Crippen LogP contribution is -2.02. The SMILES string of the molecule is CNc1nc(C)cc(Nc2cc(OC)ccc2Cl)n1. The zero-order chi connectivity index (χ0) is 13.8. The highest BCUT2D eigenvalue weighted by atomic mass is 35.5. The van der Waals surface area contributed by atoms with Crippen LogP contribution in [0.15, 0.2) is 24.3 Å². The molecule has 0 aliphatic carbocycles. The lowest BCUT2D eigenvalue weighted by molar-refractivity contribution is 0.415. The minimum absolute atomic E-state index is 0.557. The molecule has 1 aromatic carbocycles. The maximum atomic E-state index is 6.14. The first-order valence-electron chi connectivity index (χ1n) is 5.76. The van der Waals surface area contributed by atoms with Crippen LogP contribution in [0.1, 0.15) is 5.69 Å². The first-order valence-corrected chi connectivity index (χ1v) is 6.14. The predicted molar refractivity (Wildman–Crippen MR) is 77.6 cm³/mol. The summed E-state index contributed by atoms with van der Waals surface area (Å²) in [6, 6.07) is 7.24. The van der Waals surface area contributed by atoms with Crippen molar-refractivity contribution in [2.45, 2.75) is 6.92 Å². The number of aryl methyl sites for hydroxylation is 1. The molecule has 1 heterocycles. The molecule has 5 nitrogen and oxygen atoms in total. The lowest BCUT2D eigenvalue weighted by Gasteiger charge is -2.11. The molecular formula is C13H15ClN4O. The van der Waals surface area contributed by atoms with Crippen LogP contribution in [0.3, 0.4) is 0 Å². The number of aromatic nitrogens is 2. The summed E-state index contributed by atoms with van der Waals surface area (Å²) in [5, 5.41) is 6.67. The molecule has 0 aliphatic heterocycles. The Labute approximate surface area is 117 Å². The second-order valence-electron chi connectivity index (χ2n) is 3.94. The van der Waals surface area contributed by atoms with Crippen LogP contribution < -0.4 is 15.4 Å². The number of hydrogen-bond donors (Lipinski definition) is 2. The Morgan fingerprint density at radius 2 is 2.00 bits per heavy atom. The van der Waals surface area contributed by atoms with Crippen molar-refractivity contribution >= 4 is 29.1 Å². The van der Waals surface area contributed by atoms with E-state index in [0.29, 0.717) is 16.8 Å². The Kier molecular flexibility index (Phi) is 4.06. The molecule has 2 N–H and O–H groups in total. The summed E-state index contributed by atoms with van der Waals surface area (Å²) in [4.78, 5) is 8.54. The molecule has 0 bridgehead atoms. The highest BCUT2D eigenvalue weighted by Gasteiger charge is 2.06. The van der Waals surface area contributed by atoms with Crippen LogP contribution in [-0.2, 0) is 0 Å². The number of halogens is 1. The van der Waals surface area contributed by atoms with Crippen molar-refractivity contribution < 1.29 is 4.74 Å². The fraction of sp³-hybridized carbons (Fsp3) is 0.231. The van der Waals surface area contributed by atoms with Crippen molar-refractivity contribution in [2.24, 2.45) is 0 Å². The standard InChI is InChI=1S/C13H15ClN4O/c1-8-6-12(18-13(15-2)16-8)17-11-7-9(19-3)4-5-10(11)14/h4-7H,1-3H3,(H2,15,16,17,18). The van der Waals surface area contributed by atoms with Gasteiger partial charge in [-0.05, 0) is 19.1 Å². The largest absolute Gasteiger partial charge is 0.497 e. The quantitative estimate of drug-likeness (QED) is 0.899. The molecule has 0 fully saturated rings. The van der Waals surface area contributed by atoms with E-state index in [1.165, 1.54) is 0 Å². The number of methoxy groups -OCH3 is 1. The molecule has 19 heavy (non-hydrogen) atoms. The van der Waals surface area contributed by atoms with E-state index >= 15 is 0 Å². The fourth-order valence-corrected chi connectivity index (χ4v) is 1.77. The summed E-state index contributed by atoms with van der Waals surface area (Å²) in [6.45, 7) is 1.90. The Hall–Kier alpha value is -2.01. The number of benzene rings is 1. The van der Waals surface area contributed by atoms with Crippen LogP contribution in [0.25, 0.3) is 0 Å². The molecule has 0 radical (unpaired) electrons. The second-order valence-corrected chi connectivity index (χ2v) is 4.35. The number of anilines is 3. The third-order valence-electron chi connectivity index (χ3n) is 2.51. The second kappa shape index (κ2) is 5.75. The Morgan fingerprint density at radius 3 is 2.68 bits per heavy atom. The van der Waals surface area contributed by atoms with Crippen molar-refractivity contribution in [2.75, 3.05) is 24.8 Å². The topological polar surface area (TPSA) is 59.1 Å². The van der Waals surface area contributed by atoms with Gasteiger partial charge in [-0.15, -0.1) is 0 Å². The molecule has 100 valence electrons. The molecular weight excluding hydrogens is 264 g/mol. The average Bonchev–Trinajstić information content (AvgIpc) is 2.40. The minimum atomic E-state index is 0.557. The van der Waals surface area contributed by atoms with Gasteiger partial charge >= 0.3 is 0 Å². The molecule has 0 amide bonds. The van der Waals surface area contributed by atoms with Crippen LogP contribution in [0.2, 0.25) is 5.02 Å². The smallest absolute Gasteiger partial charge is 0.224 e. The maximum Gasteiger partial charge on any atom is 0.224 e. The van der Waals surface area contributed by atoms with E-state index in [-0.39, 0.29) is 0 Å². The van der Waals surface area contributed by atoms with Crippen molar-refractivity contribution in [3.05, 3.63) is 35.0 Å². The van der Waals surface area contributed by atoms with Gasteiger partial charge in [0, 0.05) is 24.9 Å². The fourth-order valence-electron chi connectivity index (χ4n) is 1.61.